The first-order valence-electron chi connectivity index (χ1n) is 6.67. The Morgan fingerprint density at radius 2 is 2.17 bits per heavy atom. The fourth-order valence-corrected chi connectivity index (χ4v) is 2.78. The van der Waals surface area contributed by atoms with Gasteiger partial charge in [0, 0.05) is 18.4 Å². The Kier molecular flexibility index (Phi) is 3.05. The van der Waals surface area contributed by atoms with Crippen LogP contribution in [0.1, 0.15) is 26.2 Å². The van der Waals surface area contributed by atoms with Crippen LogP contribution in [0.15, 0.2) is 43.0 Å². The van der Waals surface area contributed by atoms with Crippen LogP contribution in [0.3, 0.4) is 0 Å². The van der Waals surface area contributed by atoms with Gasteiger partial charge in [-0.05, 0) is 37.3 Å². The van der Waals surface area contributed by atoms with Gasteiger partial charge in [-0.1, -0.05) is 19.1 Å². The molecule has 94 valence electrons. The highest BCUT2D eigenvalue weighted by atomic mass is 15.1. The number of nitrogens with zero attached hydrogens (tertiary/aromatic N) is 2. The minimum absolute atomic E-state index is 0.615. The number of aromatic nitrogens is 2. The van der Waals surface area contributed by atoms with Crippen molar-refractivity contribution in [3.63, 3.8) is 0 Å². The second-order valence-corrected chi connectivity index (χ2v) is 5.25. The number of hydrogen-bond acceptors (Lipinski definition) is 2. The fourth-order valence-electron chi connectivity index (χ4n) is 2.78. The van der Waals surface area contributed by atoms with Gasteiger partial charge >= 0.3 is 0 Å². The molecule has 2 aromatic rings. The first-order valence-corrected chi connectivity index (χ1v) is 6.67. The Hall–Kier alpha value is -1.77. The van der Waals surface area contributed by atoms with Crippen LogP contribution in [0.2, 0.25) is 0 Å². The van der Waals surface area contributed by atoms with Crippen molar-refractivity contribution in [3.05, 3.63) is 43.0 Å². The van der Waals surface area contributed by atoms with Crippen molar-refractivity contribution in [3.8, 4) is 5.69 Å². The molecule has 3 rings (SSSR count). The van der Waals surface area contributed by atoms with Gasteiger partial charge in [-0.15, -0.1) is 0 Å². The zero-order valence-electron chi connectivity index (χ0n) is 10.7. The molecule has 1 aromatic heterocycles. The molecule has 1 aromatic carbocycles. The van der Waals surface area contributed by atoms with E-state index in [9.17, 15) is 0 Å². The molecule has 0 radical (unpaired) electrons. The summed E-state index contributed by atoms with van der Waals surface area (Å²) in [5.41, 5.74) is 2.38. The van der Waals surface area contributed by atoms with Gasteiger partial charge in [0.05, 0.1) is 17.7 Å². The summed E-state index contributed by atoms with van der Waals surface area (Å²) >= 11 is 0. The maximum atomic E-state index is 4.12. The normalized spacial score (nSPS) is 23.2. The van der Waals surface area contributed by atoms with Crippen molar-refractivity contribution in [2.24, 2.45) is 5.92 Å². The molecule has 2 unspecified atom stereocenters. The van der Waals surface area contributed by atoms with Crippen LogP contribution in [0.5, 0.6) is 0 Å². The highest BCUT2D eigenvalue weighted by molar-refractivity contribution is 5.61. The predicted octanol–water partition coefficient (Wildman–Crippen LogP) is 3.47. The van der Waals surface area contributed by atoms with Crippen molar-refractivity contribution in [2.75, 3.05) is 5.32 Å². The summed E-state index contributed by atoms with van der Waals surface area (Å²) in [5.74, 6) is 0.850. The first kappa shape index (κ1) is 11.3. The molecule has 1 heterocycles. The molecule has 3 nitrogen and oxygen atoms in total. The summed E-state index contributed by atoms with van der Waals surface area (Å²) in [4.78, 5) is 4.12. The number of rotatable bonds is 3. The standard InChI is InChI=1S/C15H19N3/c1-12-6-7-13(10-12)17-14-4-2-3-5-15(14)18-9-8-16-11-18/h2-5,8-9,11-13,17H,6-7,10H2,1H3. The largest absolute Gasteiger partial charge is 0.381 e. The molecule has 0 saturated heterocycles. The van der Waals surface area contributed by atoms with E-state index >= 15 is 0 Å². The number of para-hydroxylation sites is 2. The van der Waals surface area contributed by atoms with E-state index in [1.807, 2.05) is 18.7 Å². The van der Waals surface area contributed by atoms with Gasteiger partial charge in [0.1, 0.15) is 0 Å². The van der Waals surface area contributed by atoms with E-state index in [0.717, 1.165) is 5.92 Å². The molecule has 0 spiro atoms. The summed E-state index contributed by atoms with van der Waals surface area (Å²) in [6.45, 7) is 2.34. The molecular formula is C15H19N3. The Balaban J connectivity index is 1.84. The maximum absolute atomic E-state index is 4.12. The lowest BCUT2D eigenvalue weighted by molar-refractivity contribution is 0.602. The van der Waals surface area contributed by atoms with Gasteiger partial charge in [0.25, 0.3) is 0 Å². The Labute approximate surface area is 108 Å². The van der Waals surface area contributed by atoms with Gasteiger partial charge < -0.3 is 9.88 Å². The summed E-state index contributed by atoms with van der Waals surface area (Å²) < 4.78 is 2.06. The van der Waals surface area contributed by atoms with Crippen LogP contribution in [0, 0.1) is 5.92 Å². The lowest BCUT2D eigenvalue weighted by Crippen LogP contribution is -2.16. The monoisotopic (exact) mass is 241 g/mol. The molecule has 0 aliphatic heterocycles. The van der Waals surface area contributed by atoms with E-state index in [-0.39, 0.29) is 0 Å². The van der Waals surface area contributed by atoms with Crippen molar-refractivity contribution in [2.45, 2.75) is 32.2 Å². The van der Waals surface area contributed by atoms with Crippen molar-refractivity contribution in [1.29, 1.82) is 0 Å². The first-order chi connectivity index (χ1) is 8.83. The smallest absolute Gasteiger partial charge is 0.0992 e. The highest BCUT2D eigenvalue weighted by Gasteiger charge is 2.21. The molecule has 1 saturated carbocycles. The Morgan fingerprint density at radius 3 is 2.89 bits per heavy atom. The highest BCUT2D eigenvalue weighted by Crippen LogP contribution is 2.29. The summed E-state index contributed by atoms with van der Waals surface area (Å²) in [7, 11) is 0. The number of hydrogen-bond donors (Lipinski definition) is 1. The van der Waals surface area contributed by atoms with Gasteiger partial charge in [-0.2, -0.15) is 0 Å². The quantitative estimate of drug-likeness (QED) is 0.891. The van der Waals surface area contributed by atoms with Crippen LogP contribution in [0.4, 0.5) is 5.69 Å². The van der Waals surface area contributed by atoms with Crippen molar-refractivity contribution in [1.82, 2.24) is 9.55 Å². The van der Waals surface area contributed by atoms with E-state index in [0.29, 0.717) is 6.04 Å². The molecule has 3 heteroatoms. The zero-order chi connectivity index (χ0) is 12.4. The van der Waals surface area contributed by atoms with Gasteiger partial charge in [-0.25, -0.2) is 4.98 Å². The van der Waals surface area contributed by atoms with Gasteiger partial charge in [0.2, 0.25) is 0 Å². The lowest BCUT2D eigenvalue weighted by Gasteiger charge is -2.17. The SMILES string of the molecule is CC1CCC(Nc2ccccc2-n2ccnc2)C1. The Bertz CT molecular complexity index is 504. The molecular weight excluding hydrogens is 222 g/mol. The minimum atomic E-state index is 0.615. The summed E-state index contributed by atoms with van der Waals surface area (Å²) in [6, 6.07) is 9.05. The molecule has 1 aliphatic carbocycles. The second-order valence-electron chi connectivity index (χ2n) is 5.25. The number of imidazole rings is 1. The number of benzene rings is 1. The van der Waals surface area contributed by atoms with E-state index in [1.165, 1.54) is 30.6 Å². The lowest BCUT2D eigenvalue weighted by atomic mass is 10.1. The van der Waals surface area contributed by atoms with E-state index in [1.54, 1.807) is 0 Å². The minimum Gasteiger partial charge on any atom is -0.381 e. The molecule has 2 atom stereocenters. The average Bonchev–Trinajstić information content (AvgIpc) is 3.02. The van der Waals surface area contributed by atoms with E-state index in [2.05, 4.69) is 46.1 Å². The average molecular weight is 241 g/mol. The maximum Gasteiger partial charge on any atom is 0.0992 e. The molecule has 0 amide bonds. The van der Waals surface area contributed by atoms with Crippen LogP contribution in [0.25, 0.3) is 5.69 Å². The third-order valence-electron chi connectivity index (χ3n) is 3.74. The van der Waals surface area contributed by atoms with Gasteiger partial charge in [0.15, 0.2) is 0 Å². The van der Waals surface area contributed by atoms with E-state index < -0.39 is 0 Å². The van der Waals surface area contributed by atoms with Gasteiger partial charge in [-0.3, -0.25) is 0 Å². The predicted molar refractivity (Wildman–Crippen MR) is 74.0 cm³/mol. The number of nitrogens with one attached hydrogen (secondary N) is 1. The van der Waals surface area contributed by atoms with Crippen LogP contribution >= 0.6 is 0 Å². The van der Waals surface area contributed by atoms with Crippen LogP contribution in [-0.4, -0.2) is 15.6 Å². The third kappa shape index (κ3) is 2.26. The third-order valence-corrected chi connectivity index (χ3v) is 3.74. The van der Waals surface area contributed by atoms with Crippen LogP contribution < -0.4 is 5.32 Å². The summed E-state index contributed by atoms with van der Waals surface area (Å²) in [5, 5.41) is 3.68. The second kappa shape index (κ2) is 4.84. The molecule has 1 N–H and O–H groups in total. The van der Waals surface area contributed by atoms with Crippen LogP contribution in [-0.2, 0) is 0 Å². The van der Waals surface area contributed by atoms with Crippen molar-refractivity contribution >= 4 is 5.69 Å². The van der Waals surface area contributed by atoms with Crippen molar-refractivity contribution < 1.29 is 0 Å². The zero-order valence-corrected chi connectivity index (χ0v) is 10.7. The van der Waals surface area contributed by atoms with E-state index in [4.69, 9.17) is 0 Å². The molecule has 1 fully saturated rings. The summed E-state index contributed by atoms with van der Waals surface area (Å²) in [6.07, 6.45) is 9.53. The number of anilines is 1. The molecule has 1 aliphatic rings. The topological polar surface area (TPSA) is 29.9 Å². The Morgan fingerprint density at radius 1 is 1.28 bits per heavy atom. The molecule has 18 heavy (non-hydrogen) atoms. The molecule has 0 bridgehead atoms. The fraction of sp³-hybridized carbons (Fsp3) is 0.400.